The van der Waals surface area contributed by atoms with Gasteiger partial charge >= 0.3 is 5.97 Å². The molecule has 5 nitrogen and oxygen atoms in total. The predicted octanol–water partition coefficient (Wildman–Crippen LogP) is 0.587. The molecule has 0 spiro atoms. The Balaban J connectivity index is 0.00000225. The molecule has 16 heavy (non-hydrogen) atoms. The quantitative estimate of drug-likeness (QED) is 0.449. The molecule has 1 aromatic carbocycles. The van der Waals surface area contributed by atoms with E-state index in [1.54, 1.807) is 0 Å². The Labute approximate surface area is 99.6 Å². The summed E-state index contributed by atoms with van der Waals surface area (Å²) in [5, 5.41) is 18.5. The van der Waals surface area contributed by atoms with E-state index in [-0.39, 0.29) is 12.4 Å². The summed E-state index contributed by atoms with van der Waals surface area (Å²) >= 11 is 0. The smallest absolute Gasteiger partial charge is 0.328 e. The number of benzene rings is 1. The highest BCUT2D eigenvalue weighted by Crippen LogP contribution is 1.98. The zero-order chi connectivity index (χ0) is 11.3. The molecule has 0 saturated heterocycles. The lowest BCUT2D eigenvalue weighted by Crippen LogP contribution is -2.46. The van der Waals surface area contributed by atoms with Crippen molar-refractivity contribution in [3.05, 3.63) is 35.9 Å². The van der Waals surface area contributed by atoms with Gasteiger partial charge in [0.25, 0.3) is 0 Å². The summed E-state index contributed by atoms with van der Waals surface area (Å²) in [5.74, 6) is -1.53. The number of halogens is 1. The van der Waals surface area contributed by atoms with Gasteiger partial charge in [0, 0.05) is 6.54 Å². The maximum atomic E-state index is 10.7. The van der Waals surface area contributed by atoms with Crippen LogP contribution in [0, 0.1) is 5.41 Å². The summed E-state index contributed by atoms with van der Waals surface area (Å²) in [7, 11) is 0. The summed E-state index contributed by atoms with van der Waals surface area (Å²) in [6.07, 6.45) is 0. The first-order valence-electron chi connectivity index (χ1n) is 4.45. The van der Waals surface area contributed by atoms with E-state index < -0.39 is 17.8 Å². The van der Waals surface area contributed by atoms with Gasteiger partial charge in [0.2, 0.25) is 0 Å². The number of hydrogen-bond donors (Lipinski definition) is 4. The SMILES string of the molecule is Cl.N=C(N)C(NCc1ccccc1)C(=O)O. The third kappa shape index (κ3) is 4.29. The number of hydrogen-bond acceptors (Lipinski definition) is 3. The first kappa shape index (κ1) is 14.4. The molecule has 0 fully saturated rings. The van der Waals surface area contributed by atoms with Gasteiger partial charge in [-0.05, 0) is 5.56 Å². The van der Waals surface area contributed by atoms with E-state index in [1.807, 2.05) is 30.3 Å². The van der Waals surface area contributed by atoms with E-state index in [0.717, 1.165) is 5.56 Å². The third-order valence-corrected chi connectivity index (χ3v) is 1.91. The van der Waals surface area contributed by atoms with Crippen molar-refractivity contribution < 1.29 is 9.90 Å². The fourth-order valence-electron chi connectivity index (χ4n) is 1.15. The minimum Gasteiger partial charge on any atom is -0.480 e. The van der Waals surface area contributed by atoms with Gasteiger partial charge in [0.05, 0.1) is 0 Å². The summed E-state index contributed by atoms with van der Waals surface area (Å²) < 4.78 is 0. The van der Waals surface area contributed by atoms with E-state index in [1.165, 1.54) is 0 Å². The van der Waals surface area contributed by atoms with E-state index in [0.29, 0.717) is 6.54 Å². The normalized spacial score (nSPS) is 11.2. The van der Waals surface area contributed by atoms with Crippen LogP contribution >= 0.6 is 12.4 Å². The third-order valence-electron chi connectivity index (χ3n) is 1.91. The fourth-order valence-corrected chi connectivity index (χ4v) is 1.15. The van der Waals surface area contributed by atoms with Crippen LogP contribution in [0.15, 0.2) is 30.3 Å². The van der Waals surface area contributed by atoms with Gasteiger partial charge in [-0.25, -0.2) is 0 Å². The number of nitrogens with two attached hydrogens (primary N) is 1. The average molecular weight is 244 g/mol. The lowest BCUT2D eigenvalue weighted by atomic mass is 10.2. The van der Waals surface area contributed by atoms with Crippen LogP contribution in [0.5, 0.6) is 0 Å². The lowest BCUT2D eigenvalue weighted by molar-refractivity contribution is -0.137. The van der Waals surface area contributed by atoms with Gasteiger partial charge in [-0.1, -0.05) is 30.3 Å². The van der Waals surface area contributed by atoms with Crippen LogP contribution < -0.4 is 11.1 Å². The molecule has 0 heterocycles. The Hall–Kier alpha value is -1.59. The largest absolute Gasteiger partial charge is 0.480 e. The van der Waals surface area contributed by atoms with Crippen molar-refractivity contribution >= 4 is 24.2 Å². The number of carboxylic acid groups (broad SMARTS) is 1. The van der Waals surface area contributed by atoms with Crippen LogP contribution in [-0.4, -0.2) is 23.0 Å². The predicted molar refractivity (Wildman–Crippen MR) is 63.9 cm³/mol. The van der Waals surface area contributed by atoms with Crippen LogP contribution in [-0.2, 0) is 11.3 Å². The maximum absolute atomic E-state index is 10.7. The molecule has 1 rings (SSSR count). The molecule has 88 valence electrons. The monoisotopic (exact) mass is 243 g/mol. The van der Waals surface area contributed by atoms with Crippen molar-refractivity contribution in [2.24, 2.45) is 5.73 Å². The summed E-state index contributed by atoms with van der Waals surface area (Å²) in [5.41, 5.74) is 6.09. The van der Waals surface area contributed by atoms with Gasteiger partial charge in [0.1, 0.15) is 5.84 Å². The second kappa shape index (κ2) is 6.81. The summed E-state index contributed by atoms with van der Waals surface area (Å²) in [6, 6.07) is 8.22. The molecule has 1 atom stereocenters. The topological polar surface area (TPSA) is 99.2 Å². The van der Waals surface area contributed by atoms with E-state index >= 15 is 0 Å². The van der Waals surface area contributed by atoms with Crippen LogP contribution in [0.1, 0.15) is 5.56 Å². The Kier molecular flexibility index (Phi) is 6.14. The molecule has 0 amide bonds. The van der Waals surface area contributed by atoms with E-state index in [2.05, 4.69) is 5.32 Å². The number of carboxylic acids is 1. The van der Waals surface area contributed by atoms with Crippen molar-refractivity contribution in [1.82, 2.24) is 5.32 Å². The number of nitrogens with one attached hydrogen (secondary N) is 2. The molecular formula is C10H14ClN3O2. The number of aliphatic carboxylic acids is 1. The van der Waals surface area contributed by atoms with Crippen LogP contribution in [0.3, 0.4) is 0 Å². The molecule has 0 aliphatic rings. The molecule has 1 unspecified atom stereocenters. The van der Waals surface area contributed by atoms with E-state index in [4.69, 9.17) is 16.2 Å². The van der Waals surface area contributed by atoms with E-state index in [9.17, 15) is 4.79 Å². The second-order valence-corrected chi connectivity index (χ2v) is 3.09. The number of carbonyl (C=O) groups is 1. The molecule has 0 bridgehead atoms. The van der Waals surface area contributed by atoms with Crippen molar-refractivity contribution in [3.8, 4) is 0 Å². The average Bonchev–Trinajstić information content (AvgIpc) is 2.18. The molecule has 0 aliphatic heterocycles. The minimum absolute atomic E-state index is 0. The first-order valence-corrected chi connectivity index (χ1v) is 4.45. The highest BCUT2D eigenvalue weighted by atomic mass is 35.5. The van der Waals surface area contributed by atoms with Gasteiger partial charge in [-0.15, -0.1) is 12.4 Å². The zero-order valence-corrected chi connectivity index (χ0v) is 9.33. The lowest BCUT2D eigenvalue weighted by Gasteiger charge is -2.12. The second-order valence-electron chi connectivity index (χ2n) is 3.09. The maximum Gasteiger partial charge on any atom is 0.328 e. The van der Waals surface area contributed by atoms with Crippen LogP contribution in [0.4, 0.5) is 0 Å². The molecule has 5 N–H and O–H groups in total. The Morgan fingerprint density at radius 2 is 2.00 bits per heavy atom. The van der Waals surface area contributed by atoms with Crippen molar-refractivity contribution in [1.29, 1.82) is 5.41 Å². The highest BCUT2D eigenvalue weighted by molar-refractivity contribution is 6.01. The van der Waals surface area contributed by atoms with Crippen molar-refractivity contribution in [2.45, 2.75) is 12.6 Å². The van der Waals surface area contributed by atoms with Crippen molar-refractivity contribution in [3.63, 3.8) is 0 Å². The van der Waals surface area contributed by atoms with Gasteiger partial charge < -0.3 is 10.8 Å². The molecule has 1 aromatic rings. The van der Waals surface area contributed by atoms with Gasteiger partial charge in [-0.3, -0.25) is 15.5 Å². The number of rotatable bonds is 5. The zero-order valence-electron chi connectivity index (χ0n) is 8.51. The highest BCUT2D eigenvalue weighted by Gasteiger charge is 2.19. The fraction of sp³-hybridized carbons (Fsp3) is 0.200. The van der Waals surface area contributed by atoms with Crippen LogP contribution in [0.25, 0.3) is 0 Å². The molecule has 0 aromatic heterocycles. The molecule has 0 saturated carbocycles. The van der Waals surface area contributed by atoms with Gasteiger partial charge in [0.15, 0.2) is 6.04 Å². The minimum atomic E-state index is -1.14. The van der Waals surface area contributed by atoms with Crippen molar-refractivity contribution in [2.75, 3.05) is 0 Å². The Morgan fingerprint density at radius 3 is 2.44 bits per heavy atom. The Morgan fingerprint density at radius 1 is 1.44 bits per heavy atom. The standard InChI is InChI=1S/C10H13N3O2.ClH/c11-9(12)8(10(14)15)13-6-7-4-2-1-3-5-7;/h1-5,8,13H,6H2,(H3,11,12)(H,14,15);1H. The molecule has 0 aliphatic carbocycles. The first-order chi connectivity index (χ1) is 7.11. The Bertz CT molecular complexity index is 342. The molecular weight excluding hydrogens is 230 g/mol. The summed E-state index contributed by atoms with van der Waals surface area (Å²) in [4.78, 5) is 10.7. The van der Waals surface area contributed by atoms with Gasteiger partial charge in [-0.2, -0.15) is 0 Å². The number of amidine groups is 1. The molecule has 0 radical (unpaired) electrons. The molecule has 6 heteroatoms. The van der Waals surface area contributed by atoms with Crippen LogP contribution in [0.2, 0.25) is 0 Å². The summed E-state index contributed by atoms with van der Waals surface area (Å²) in [6.45, 7) is 0.372.